The standard InChI is InChI=1S/C16H22N2/c1-4-6-11-17-12-13-18(14(17)3)16-9-7-15(5-2)8-10-16/h5,7-10,12-14H,2,4,6,11H2,1,3H3. The van der Waals surface area contributed by atoms with E-state index in [0.717, 1.165) is 12.1 Å². The van der Waals surface area contributed by atoms with Crippen molar-refractivity contribution in [1.29, 1.82) is 0 Å². The average Bonchev–Trinajstić information content (AvgIpc) is 2.78. The number of hydrogen-bond donors (Lipinski definition) is 0. The molecule has 2 heteroatoms. The zero-order chi connectivity index (χ0) is 13.0. The van der Waals surface area contributed by atoms with Crippen LogP contribution in [0.25, 0.3) is 6.08 Å². The fourth-order valence-electron chi connectivity index (χ4n) is 2.25. The number of unbranched alkanes of at least 4 members (excludes halogenated alkanes) is 1. The second-order valence-corrected chi connectivity index (χ2v) is 4.72. The molecule has 1 heterocycles. The summed E-state index contributed by atoms with van der Waals surface area (Å²) in [6, 6.07) is 8.53. The van der Waals surface area contributed by atoms with E-state index in [4.69, 9.17) is 0 Å². The highest BCUT2D eigenvalue weighted by Crippen LogP contribution is 2.25. The van der Waals surface area contributed by atoms with Crippen LogP contribution in [-0.2, 0) is 0 Å². The quantitative estimate of drug-likeness (QED) is 0.768. The van der Waals surface area contributed by atoms with Crippen LogP contribution in [0.4, 0.5) is 5.69 Å². The maximum absolute atomic E-state index is 3.78. The van der Waals surface area contributed by atoms with Gasteiger partial charge in [0.2, 0.25) is 0 Å². The second-order valence-electron chi connectivity index (χ2n) is 4.72. The van der Waals surface area contributed by atoms with Gasteiger partial charge in [0.15, 0.2) is 0 Å². The van der Waals surface area contributed by atoms with E-state index in [-0.39, 0.29) is 0 Å². The van der Waals surface area contributed by atoms with Gasteiger partial charge in [-0.25, -0.2) is 0 Å². The van der Waals surface area contributed by atoms with Gasteiger partial charge in [0, 0.05) is 24.6 Å². The smallest absolute Gasteiger partial charge is 0.102 e. The highest BCUT2D eigenvalue weighted by atomic mass is 15.4. The summed E-state index contributed by atoms with van der Waals surface area (Å²) in [5.74, 6) is 0. The minimum Gasteiger partial charge on any atom is -0.356 e. The number of hydrogen-bond acceptors (Lipinski definition) is 2. The van der Waals surface area contributed by atoms with Gasteiger partial charge < -0.3 is 9.80 Å². The predicted molar refractivity (Wildman–Crippen MR) is 79.2 cm³/mol. The molecule has 0 N–H and O–H groups in total. The number of benzene rings is 1. The fraction of sp³-hybridized carbons (Fsp3) is 0.375. The molecule has 1 atom stereocenters. The highest BCUT2D eigenvalue weighted by molar-refractivity contribution is 5.57. The van der Waals surface area contributed by atoms with Crippen LogP contribution >= 0.6 is 0 Å². The SMILES string of the molecule is C=Cc1ccc(N2C=CN(CCCC)C2C)cc1. The molecule has 1 aliphatic heterocycles. The zero-order valence-corrected chi connectivity index (χ0v) is 11.3. The predicted octanol–water partition coefficient (Wildman–Crippen LogP) is 4.07. The summed E-state index contributed by atoms with van der Waals surface area (Å²) in [6.07, 6.45) is 9.14. The van der Waals surface area contributed by atoms with Crippen LogP contribution in [0, 0.1) is 0 Å². The van der Waals surface area contributed by atoms with Gasteiger partial charge >= 0.3 is 0 Å². The third-order valence-electron chi connectivity index (χ3n) is 3.50. The molecule has 0 aromatic heterocycles. The van der Waals surface area contributed by atoms with Crippen LogP contribution in [0.15, 0.2) is 43.2 Å². The Bertz CT molecular complexity index is 419. The molecule has 0 fully saturated rings. The van der Waals surface area contributed by atoms with Crippen molar-refractivity contribution in [2.45, 2.75) is 32.9 Å². The summed E-state index contributed by atoms with van der Waals surface area (Å²) in [6.45, 7) is 9.40. The lowest BCUT2D eigenvalue weighted by Gasteiger charge is -2.29. The van der Waals surface area contributed by atoms with Gasteiger partial charge in [-0.05, 0) is 31.0 Å². The van der Waals surface area contributed by atoms with E-state index < -0.39 is 0 Å². The van der Waals surface area contributed by atoms with Crippen molar-refractivity contribution in [3.05, 3.63) is 48.8 Å². The van der Waals surface area contributed by atoms with Crippen LogP contribution in [0.1, 0.15) is 32.3 Å². The van der Waals surface area contributed by atoms with Crippen LogP contribution in [0.2, 0.25) is 0 Å². The Morgan fingerprint density at radius 1 is 1.22 bits per heavy atom. The molecule has 0 saturated heterocycles. The fourth-order valence-corrected chi connectivity index (χ4v) is 2.25. The van der Waals surface area contributed by atoms with Gasteiger partial charge in [0.25, 0.3) is 0 Å². The third-order valence-corrected chi connectivity index (χ3v) is 3.50. The molecule has 1 aromatic rings. The Morgan fingerprint density at radius 2 is 1.94 bits per heavy atom. The Kier molecular flexibility index (Phi) is 4.08. The lowest BCUT2D eigenvalue weighted by atomic mass is 10.2. The maximum atomic E-state index is 3.78. The van der Waals surface area contributed by atoms with Crippen molar-refractivity contribution in [2.75, 3.05) is 11.4 Å². The van der Waals surface area contributed by atoms with Crippen LogP contribution < -0.4 is 4.90 Å². The first-order valence-electron chi connectivity index (χ1n) is 6.71. The van der Waals surface area contributed by atoms with Gasteiger partial charge in [0.1, 0.15) is 6.17 Å². The molecule has 0 radical (unpaired) electrons. The molecule has 96 valence electrons. The summed E-state index contributed by atoms with van der Waals surface area (Å²) in [4.78, 5) is 4.70. The molecule has 0 amide bonds. The molecule has 1 aliphatic rings. The largest absolute Gasteiger partial charge is 0.356 e. The van der Waals surface area contributed by atoms with E-state index in [9.17, 15) is 0 Å². The Morgan fingerprint density at radius 3 is 2.56 bits per heavy atom. The summed E-state index contributed by atoms with van der Waals surface area (Å²) < 4.78 is 0. The number of rotatable bonds is 5. The normalized spacial score (nSPS) is 18.4. The second kappa shape index (κ2) is 5.76. The number of anilines is 1. The molecule has 0 spiro atoms. The van der Waals surface area contributed by atoms with Gasteiger partial charge in [-0.15, -0.1) is 0 Å². The van der Waals surface area contributed by atoms with Gasteiger partial charge in [-0.1, -0.05) is 38.1 Å². The summed E-state index contributed by atoms with van der Waals surface area (Å²) >= 11 is 0. The summed E-state index contributed by atoms with van der Waals surface area (Å²) in [5, 5.41) is 0. The van der Waals surface area contributed by atoms with E-state index in [1.54, 1.807) is 0 Å². The van der Waals surface area contributed by atoms with E-state index in [2.05, 4.69) is 66.9 Å². The van der Waals surface area contributed by atoms with Gasteiger partial charge in [-0.2, -0.15) is 0 Å². The first-order valence-corrected chi connectivity index (χ1v) is 6.71. The first kappa shape index (κ1) is 12.7. The minimum atomic E-state index is 0.408. The van der Waals surface area contributed by atoms with Crippen LogP contribution in [-0.4, -0.2) is 17.6 Å². The Hall–Kier alpha value is -1.70. The molecule has 1 aromatic carbocycles. The lowest BCUT2D eigenvalue weighted by Crippen LogP contribution is -2.36. The van der Waals surface area contributed by atoms with E-state index in [0.29, 0.717) is 6.17 Å². The van der Waals surface area contributed by atoms with Gasteiger partial charge in [0.05, 0.1) is 0 Å². The molecule has 1 unspecified atom stereocenters. The Labute approximate surface area is 110 Å². The molecule has 0 saturated carbocycles. The number of nitrogens with zero attached hydrogens (tertiary/aromatic N) is 2. The highest BCUT2D eigenvalue weighted by Gasteiger charge is 2.22. The van der Waals surface area contributed by atoms with Crippen molar-refractivity contribution in [2.24, 2.45) is 0 Å². The van der Waals surface area contributed by atoms with Crippen molar-refractivity contribution in [1.82, 2.24) is 4.90 Å². The first-order chi connectivity index (χ1) is 8.76. The molecular formula is C16H22N2. The Balaban J connectivity index is 2.06. The maximum Gasteiger partial charge on any atom is 0.102 e. The molecule has 18 heavy (non-hydrogen) atoms. The topological polar surface area (TPSA) is 6.48 Å². The average molecular weight is 242 g/mol. The molecule has 0 bridgehead atoms. The monoisotopic (exact) mass is 242 g/mol. The minimum absolute atomic E-state index is 0.408. The molecular weight excluding hydrogens is 220 g/mol. The van der Waals surface area contributed by atoms with E-state index >= 15 is 0 Å². The van der Waals surface area contributed by atoms with Crippen molar-refractivity contribution < 1.29 is 0 Å². The van der Waals surface area contributed by atoms with Crippen molar-refractivity contribution in [3.8, 4) is 0 Å². The van der Waals surface area contributed by atoms with Crippen molar-refractivity contribution in [3.63, 3.8) is 0 Å². The summed E-state index contributed by atoms with van der Waals surface area (Å²) in [5.41, 5.74) is 2.40. The molecule has 0 aliphatic carbocycles. The van der Waals surface area contributed by atoms with Gasteiger partial charge in [-0.3, -0.25) is 0 Å². The summed E-state index contributed by atoms with van der Waals surface area (Å²) in [7, 11) is 0. The van der Waals surface area contributed by atoms with Crippen molar-refractivity contribution >= 4 is 11.8 Å². The molecule has 2 nitrogen and oxygen atoms in total. The van der Waals surface area contributed by atoms with E-state index in [1.165, 1.54) is 18.5 Å². The lowest BCUT2D eigenvalue weighted by molar-refractivity contribution is 0.313. The van der Waals surface area contributed by atoms with Crippen LogP contribution in [0.3, 0.4) is 0 Å². The third kappa shape index (κ3) is 2.58. The molecule has 2 rings (SSSR count). The van der Waals surface area contributed by atoms with Crippen LogP contribution in [0.5, 0.6) is 0 Å². The zero-order valence-electron chi connectivity index (χ0n) is 11.3. The van der Waals surface area contributed by atoms with E-state index in [1.807, 2.05) is 6.08 Å².